The van der Waals surface area contributed by atoms with Gasteiger partial charge in [0.05, 0.1) is 18.2 Å². The van der Waals surface area contributed by atoms with E-state index in [0.29, 0.717) is 11.9 Å². The fourth-order valence-electron chi connectivity index (χ4n) is 3.05. The first-order valence-electron chi connectivity index (χ1n) is 8.40. The van der Waals surface area contributed by atoms with Crippen LogP contribution in [0.15, 0.2) is 58.8 Å². The second-order valence-corrected chi connectivity index (χ2v) is 6.30. The summed E-state index contributed by atoms with van der Waals surface area (Å²) in [6.07, 6.45) is 6.92. The van der Waals surface area contributed by atoms with E-state index in [1.54, 1.807) is 27.7 Å². The van der Waals surface area contributed by atoms with Crippen molar-refractivity contribution in [1.82, 2.24) is 24.3 Å². The minimum Gasteiger partial charge on any atom is -0.502 e. The molecule has 0 saturated carbocycles. The van der Waals surface area contributed by atoms with E-state index in [0.717, 1.165) is 16.5 Å². The van der Waals surface area contributed by atoms with Crippen LogP contribution < -0.4 is 11.1 Å². The maximum absolute atomic E-state index is 12.7. The predicted octanol–water partition coefficient (Wildman–Crippen LogP) is 1.43. The molecule has 0 bridgehead atoms. The molecular weight excluding hydrogens is 346 g/mol. The Labute approximate surface area is 153 Å². The fraction of sp³-hybridized carbons (Fsp3) is 0.158. The lowest BCUT2D eigenvalue weighted by Gasteiger charge is -2.08. The quantitative estimate of drug-likeness (QED) is 0.571. The third kappa shape index (κ3) is 3.12. The minimum atomic E-state index is -0.589. The molecule has 0 aliphatic rings. The Balaban J connectivity index is 1.65. The highest BCUT2D eigenvalue weighted by Gasteiger charge is 2.09. The first-order valence-corrected chi connectivity index (χ1v) is 8.40. The zero-order chi connectivity index (χ0) is 19.0. The molecule has 0 radical (unpaired) electrons. The van der Waals surface area contributed by atoms with Gasteiger partial charge >= 0.3 is 0 Å². The third-order valence-corrected chi connectivity index (χ3v) is 4.51. The lowest BCUT2D eigenvalue weighted by atomic mass is 10.0. The largest absolute Gasteiger partial charge is 0.502 e. The first-order chi connectivity index (χ1) is 13.0. The van der Waals surface area contributed by atoms with Gasteiger partial charge in [-0.1, -0.05) is 6.07 Å². The highest BCUT2D eigenvalue weighted by atomic mass is 16.3. The number of hydrogen-bond acceptors (Lipinski definition) is 5. The van der Waals surface area contributed by atoms with E-state index < -0.39 is 11.3 Å². The molecule has 0 aliphatic heterocycles. The molecule has 0 fully saturated rings. The van der Waals surface area contributed by atoms with Crippen molar-refractivity contribution in [2.45, 2.75) is 13.0 Å². The van der Waals surface area contributed by atoms with Crippen molar-refractivity contribution in [2.24, 2.45) is 7.05 Å². The second kappa shape index (κ2) is 6.56. The van der Waals surface area contributed by atoms with E-state index in [2.05, 4.69) is 15.1 Å². The molecule has 0 spiro atoms. The summed E-state index contributed by atoms with van der Waals surface area (Å²) in [5, 5.41) is 15.4. The van der Waals surface area contributed by atoms with Crippen LogP contribution in [0.5, 0.6) is 5.75 Å². The van der Waals surface area contributed by atoms with Gasteiger partial charge in [-0.2, -0.15) is 5.10 Å². The Morgan fingerprint density at radius 2 is 2.04 bits per heavy atom. The molecule has 4 rings (SSSR count). The number of aromatic amines is 1. The molecule has 3 aromatic heterocycles. The number of aryl methyl sites for hydroxylation is 3. The standard InChI is InChI=1S/C19H17N5O3/c1-23-10-14(9-22-23)12-2-3-15-13(8-12)4-6-24(19(15)27)7-5-16-17(25)18(26)21-11-20-16/h2-4,6,8-11,25H,5,7H2,1H3,(H,20,21,26). The van der Waals surface area contributed by atoms with Crippen LogP contribution in [0.2, 0.25) is 0 Å². The molecule has 3 heterocycles. The fourth-order valence-corrected chi connectivity index (χ4v) is 3.05. The van der Waals surface area contributed by atoms with Crippen molar-refractivity contribution in [3.8, 4) is 16.9 Å². The summed E-state index contributed by atoms with van der Waals surface area (Å²) in [7, 11) is 1.86. The van der Waals surface area contributed by atoms with Crippen molar-refractivity contribution in [3.05, 3.63) is 75.6 Å². The summed E-state index contributed by atoms with van der Waals surface area (Å²) in [4.78, 5) is 30.4. The van der Waals surface area contributed by atoms with Crippen LogP contribution >= 0.6 is 0 Å². The van der Waals surface area contributed by atoms with Crippen LogP contribution in [-0.2, 0) is 20.0 Å². The Morgan fingerprint density at radius 3 is 2.81 bits per heavy atom. The van der Waals surface area contributed by atoms with Crippen molar-refractivity contribution in [1.29, 1.82) is 0 Å². The lowest BCUT2D eigenvalue weighted by molar-refractivity contribution is 0.451. The summed E-state index contributed by atoms with van der Waals surface area (Å²) >= 11 is 0. The van der Waals surface area contributed by atoms with Gasteiger partial charge in [0.1, 0.15) is 0 Å². The molecule has 0 aliphatic carbocycles. The van der Waals surface area contributed by atoms with Gasteiger partial charge in [-0.25, -0.2) is 4.98 Å². The van der Waals surface area contributed by atoms with Crippen LogP contribution in [0.25, 0.3) is 21.9 Å². The molecule has 136 valence electrons. The highest BCUT2D eigenvalue weighted by Crippen LogP contribution is 2.22. The zero-order valence-electron chi connectivity index (χ0n) is 14.6. The molecule has 1 aromatic carbocycles. The van der Waals surface area contributed by atoms with E-state index in [4.69, 9.17) is 0 Å². The van der Waals surface area contributed by atoms with Crippen LogP contribution in [0.1, 0.15) is 5.69 Å². The van der Waals surface area contributed by atoms with Gasteiger partial charge in [0.25, 0.3) is 11.1 Å². The van der Waals surface area contributed by atoms with E-state index in [1.807, 2.05) is 31.4 Å². The number of fused-ring (bicyclic) bond motifs is 1. The molecule has 2 N–H and O–H groups in total. The molecule has 8 nitrogen and oxygen atoms in total. The van der Waals surface area contributed by atoms with Crippen molar-refractivity contribution < 1.29 is 5.11 Å². The summed E-state index contributed by atoms with van der Waals surface area (Å²) in [5.41, 5.74) is 1.52. The zero-order valence-corrected chi connectivity index (χ0v) is 14.6. The number of rotatable bonds is 4. The van der Waals surface area contributed by atoms with Gasteiger partial charge < -0.3 is 14.7 Å². The summed E-state index contributed by atoms with van der Waals surface area (Å²) in [6, 6.07) is 7.54. The SMILES string of the molecule is Cn1cc(-c2ccc3c(=O)n(CCc4nc[nH]c(=O)c4O)ccc3c2)cn1. The number of hydrogen-bond donors (Lipinski definition) is 2. The number of nitrogens with one attached hydrogen (secondary N) is 1. The summed E-state index contributed by atoms with van der Waals surface area (Å²) in [6.45, 7) is 0.309. The van der Waals surface area contributed by atoms with Crippen molar-refractivity contribution in [2.75, 3.05) is 0 Å². The monoisotopic (exact) mass is 363 g/mol. The molecular formula is C19H17N5O3. The van der Waals surface area contributed by atoms with Gasteiger partial charge in [0.2, 0.25) is 5.75 Å². The minimum absolute atomic E-state index is 0.130. The van der Waals surface area contributed by atoms with Gasteiger partial charge in [-0.3, -0.25) is 14.3 Å². The molecule has 4 aromatic rings. The Kier molecular flexibility index (Phi) is 4.08. The maximum Gasteiger partial charge on any atom is 0.293 e. The predicted molar refractivity (Wildman–Crippen MR) is 101 cm³/mol. The Bertz CT molecular complexity index is 1250. The van der Waals surface area contributed by atoms with Crippen LogP contribution in [0.3, 0.4) is 0 Å². The highest BCUT2D eigenvalue weighted by molar-refractivity contribution is 5.86. The first kappa shape index (κ1) is 16.8. The van der Waals surface area contributed by atoms with Gasteiger partial charge in [-0.15, -0.1) is 0 Å². The third-order valence-electron chi connectivity index (χ3n) is 4.51. The number of H-pyrrole nitrogens is 1. The van der Waals surface area contributed by atoms with Crippen LogP contribution in [-0.4, -0.2) is 29.4 Å². The summed E-state index contributed by atoms with van der Waals surface area (Å²) < 4.78 is 3.28. The average Bonchev–Trinajstić information content (AvgIpc) is 3.10. The van der Waals surface area contributed by atoms with Crippen LogP contribution in [0.4, 0.5) is 0 Å². The van der Waals surface area contributed by atoms with Gasteiger partial charge in [-0.05, 0) is 29.1 Å². The smallest absolute Gasteiger partial charge is 0.293 e. The lowest BCUT2D eigenvalue weighted by Crippen LogP contribution is -2.21. The van der Waals surface area contributed by atoms with E-state index in [9.17, 15) is 14.7 Å². The maximum atomic E-state index is 12.7. The average molecular weight is 363 g/mol. The summed E-state index contributed by atoms with van der Waals surface area (Å²) in [5.74, 6) is -0.410. The Hall–Kier alpha value is -3.68. The molecule has 27 heavy (non-hydrogen) atoms. The van der Waals surface area contributed by atoms with Gasteiger partial charge in [0.15, 0.2) is 0 Å². The number of aromatic nitrogens is 5. The molecule has 0 amide bonds. The van der Waals surface area contributed by atoms with E-state index >= 15 is 0 Å². The normalized spacial score (nSPS) is 11.1. The van der Waals surface area contributed by atoms with Crippen LogP contribution in [0, 0.1) is 0 Å². The molecule has 0 unspecified atom stereocenters. The molecule has 8 heteroatoms. The van der Waals surface area contributed by atoms with Gasteiger partial charge in [0, 0.05) is 43.4 Å². The molecule has 0 saturated heterocycles. The number of benzene rings is 1. The Morgan fingerprint density at radius 1 is 1.19 bits per heavy atom. The number of aromatic hydroxyl groups is 1. The number of pyridine rings is 1. The molecule has 0 atom stereocenters. The topological polar surface area (TPSA) is 106 Å². The van der Waals surface area contributed by atoms with E-state index in [1.165, 1.54) is 6.33 Å². The van der Waals surface area contributed by atoms with Crippen molar-refractivity contribution in [3.63, 3.8) is 0 Å². The van der Waals surface area contributed by atoms with E-state index in [-0.39, 0.29) is 17.7 Å². The number of nitrogens with zero attached hydrogens (tertiary/aromatic N) is 4. The van der Waals surface area contributed by atoms with Crippen molar-refractivity contribution >= 4 is 10.8 Å². The second-order valence-electron chi connectivity index (χ2n) is 6.30.